The molecule has 1 fully saturated rings. The second-order valence-corrected chi connectivity index (χ2v) is 4.74. The van der Waals surface area contributed by atoms with Crippen LogP contribution in [0.15, 0.2) is 24.3 Å². The van der Waals surface area contributed by atoms with Gasteiger partial charge in [-0.1, -0.05) is 6.07 Å². The zero-order chi connectivity index (χ0) is 12.3. The predicted octanol–water partition coefficient (Wildman–Crippen LogP) is 2.26. The van der Waals surface area contributed by atoms with Crippen LogP contribution < -0.4 is 10.6 Å². The molecule has 0 spiro atoms. The van der Waals surface area contributed by atoms with Crippen molar-refractivity contribution in [1.82, 2.24) is 0 Å². The van der Waals surface area contributed by atoms with Crippen molar-refractivity contribution in [3.63, 3.8) is 0 Å². The highest BCUT2D eigenvalue weighted by atomic mass is 15.2. The number of nitriles is 1. The van der Waals surface area contributed by atoms with Gasteiger partial charge in [-0.25, -0.2) is 0 Å². The summed E-state index contributed by atoms with van der Waals surface area (Å²) < 4.78 is 0. The van der Waals surface area contributed by atoms with Crippen molar-refractivity contribution in [1.29, 1.82) is 5.26 Å². The fraction of sp³-hybridized carbons (Fsp3) is 0.500. The van der Waals surface area contributed by atoms with Gasteiger partial charge in [-0.15, -0.1) is 0 Å². The SMILES string of the molecule is CC1CCCC(CN)N1c1cccc(C#N)c1. The molecule has 1 aliphatic heterocycles. The number of rotatable bonds is 2. The Labute approximate surface area is 103 Å². The number of hydrogen-bond acceptors (Lipinski definition) is 3. The molecule has 17 heavy (non-hydrogen) atoms. The number of benzene rings is 1. The molecule has 0 aliphatic carbocycles. The summed E-state index contributed by atoms with van der Waals surface area (Å²) in [6.45, 7) is 2.92. The highest BCUT2D eigenvalue weighted by Gasteiger charge is 2.26. The molecular weight excluding hydrogens is 210 g/mol. The van der Waals surface area contributed by atoms with E-state index in [0.717, 1.165) is 17.7 Å². The van der Waals surface area contributed by atoms with Crippen molar-refractivity contribution in [3.8, 4) is 6.07 Å². The molecular formula is C14H19N3. The Morgan fingerprint density at radius 1 is 1.47 bits per heavy atom. The molecule has 0 aromatic heterocycles. The van der Waals surface area contributed by atoms with Gasteiger partial charge in [0.2, 0.25) is 0 Å². The summed E-state index contributed by atoms with van der Waals surface area (Å²) in [5.74, 6) is 0. The molecule has 1 aromatic rings. The Morgan fingerprint density at radius 2 is 2.29 bits per heavy atom. The van der Waals surface area contributed by atoms with E-state index in [4.69, 9.17) is 11.0 Å². The van der Waals surface area contributed by atoms with Crippen LogP contribution in [0.1, 0.15) is 31.7 Å². The zero-order valence-corrected chi connectivity index (χ0v) is 10.3. The molecule has 90 valence electrons. The molecule has 0 amide bonds. The van der Waals surface area contributed by atoms with Crippen LogP contribution in [0.25, 0.3) is 0 Å². The summed E-state index contributed by atoms with van der Waals surface area (Å²) in [7, 11) is 0. The molecule has 3 nitrogen and oxygen atoms in total. The van der Waals surface area contributed by atoms with Gasteiger partial charge in [0.05, 0.1) is 11.6 Å². The van der Waals surface area contributed by atoms with Crippen molar-refractivity contribution >= 4 is 5.69 Å². The van der Waals surface area contributed by atoms with E-state index < -0.39 is 0 Å². The monoisotopic (exact) mass is 229 g/mol. The minimum Gasteiger partial charge on any atom is -0.365 e. The number of hydrogen-bond donors (Lipinski definition) is 1. The van der Waals surface area contributed by atoms with E-state index in [1.165, 1.54) is 12.8 Å². The van der Waals surface area contributed by atoms with Gasteiger partial charge < -0.3 is 10.6 Å². The highest BCUT2D eigenvalue weighted by molar-refractivity contribution is 5.53. The molecule has 0 radical (unpaired) electrons. The summed E-state index contributed by atoms with van der Waals surface area (Å²) in [5.41, 5.74) is 7.71. The van der Waals surface area contributed by atoms with Gasteiger partial charge in [0.15, 0.2) is 0 Å². The summed E-state index contributed by atoms with van der Waals surface area (Å²) in [5, 5.41) is 8.96. The van der Waals surface area contributed by atoms with Crippen LogP contribution in [0.4, 0.5) is 5.69 Å². The summed E-state index contributed by atoms with van der Waals surface area (Å²) in [4.78, 5) is 2.38. The normalized spacial score (nSPS) is 24.4. The van der Waals surface area contributed by atoms with Crippen LogP contribution in [0.2, 0.25) is 0 Å². The van der Waals surface area contributed by atoms with Gasteiger partial charge in [-0.3, -0.25) is 0 Å². The second-order valence-electron chi connectivity index (χ2n) is 4.74. The lowest BCUT2D eigenvalue weighted by Crippen LogP contribution is -2.49. The molecule has 3 heteroatoms. The van der Waals surface area contributed by atoms with E-state index in [-0.39, 0.29) is 0 Å². The van der Waals surface area contributed by atoms with E-state index >= 15 is 0 Å². The van der Waals surface area contributed by atoms with Gasteiger partial charge in [0.25, 0.3) is 0 Å². The first kappa shape index (κ1) is 11.9. The van der Waals surface area contributed by atoms with Gasteiger partial charge in [0, 0.05) is 24.3 Å². The van der Waals surface area contributed by atoms with Crippen molar-refractivity contribution < 1.29 is 0 Å². The molecule has 0 bridgehead atoms. The summed E-state index contributed by atoms with van der Waals surface area (Å²) >= 11 is 0. The third-order valence-electron chi connectivity index (χ3n) is 3.57. The number of piperidine rings is 1. The molecule has 0 saturated carbocycles. The zero-order valence-electron chi connectivity index (χ0n) is 10.3. The Bertz CT molecular complexity index is 422. The lowest BCUT2D eigenvalue weighted by Gasteiger charge is -2.42. The Balaban J connectivity index is 2.31. The quantitative estimate of drug-likeness (QED) is 0.846. The van der Waals surface area contributed by atoms with Gasteiger partial charge >= 0.3 is 0 Å². The molecule has 1 saturated heterocycles. The minimum absolute atomic E-state index is 0.410. The molecule has 2 unspecified atom stereocenters. The molecule has 2 atom stereocenters. The van der Waals surface area contributed by atoms with Crippen LogP contribution in [0, 0.1) is 11.3 Å². The molecule has 1 aromatic carbocycles. The van der Waals surface area contributed by atoms with E-state index in [2.05, 4.69) is 24.0 Å². The first-order valence-corrected chi connectivity index (χ1v) is 6.25. The van der Waals surface area contributed by atoms with Gasteiger partial charge in [-0.2, -0.15) is 5.26 Å². The van der Waals surface area contributed by atoms with Crippen molar-refractivity contribution in [2.45, 2.75) is 38.3 Å². The Hall–Kier alpha value is -1.53. The smallest absolute Gasteiger partial charge is 0.0992 e. The number of nitrogens with two attached hydrogens (primary N) is 1. The van der Waals surface area contributed by atoms with Crippen LogP contribution in [0.3, 0.4) is 0 Å². The fourth-order valence-electron chi connectivity index (χ4n) is 2.72. The summed E-state index contributed by atoms with van der Waals surface area (Å²) in [6, 6.07) is 10.9. The third kappa shape index (κ3) is 2.42. The van der Waals surface area contributed by atoms with Crippen molar-refractivity contribution in [2.75, 3.05) is 11.4 Å². The molecule has 1 aliphatic rings. The minimum atomic E-state index is 0.410. The maximum atomic E-state index is 8.96. The van der Waals surface area contributed by atoms with Gasteiger partial charge in [-0.05, 0) is 44.4 Å². The predicted molar refractivity (Wildman–Crippen MR) is 69.8 cm³/mol. The maximum absolute atomic E-state index is 8.96. The third-order valence-corrected chi connectivity index (χ3v) is 3.57. The summed E-state index contributed by atoms with van der Waals surface area (Å²) in [6.07, 6.45) is 3.60. The van der Waals surface area contributed by atoms with Crippen LogP contribution >= 0.6 is 0 Å². The topological polar surface area (TPSA) is 53.0 Å². The Morgan fingerprint density at radius 3 is 3.00 bits per heavy atom. The van der Waals surface area contributed by atoms with Crippen LogP contribution in [-0.4, -0.2) is 18.6 Å². The van der Waals surface area contributed by atoms with E-state index in [9.17, 15) is 0 Å². The first-order valence-electron chi connectivity index (χ1n) is 6.25. The first-order chi connectivity index (χ1) is 8.26. The molecule has 1 heterocycles. The number of anilines is 1. The lowest BCUT2D eigenvalue weighted by molar-refractivity contribution is 0.401. The standard InChI is InChI=1S/C14H19N3/c1-11-4-2-7-14(10-16)17(11)13-6-3-5-12(8-13)9-15/h3,5-6,8,11,14H,2,4,7,10,16H2,1H3. The van der Waals surface area contributed by atoms with Crippen molar-refractivity contribution in [2.24, 2.45) is 5.73 Å². The van der Waals surface area contributed by atoms with Crippen LogP contribution in [0.5, 0.6) is 0 Å². The maximum Gasteiger partial charge on any atom is 0.0992 e. The van der Waals surface area contributed by atoms with Crippen LogP contribution in [-0.2, 0) is 0 Å². The van der Waals surface area contributed by atoms with Gasteiger partial charge in [0.1, 0.15) is 0 Å². The lowest BCUT2D eigenvalue weighted by atomic mass is 9.95. The molecule has 2 rings (SSSR count). The average molecular weight is 229 g/mol. The molecule has 2 N–H and O–H groups in total. The second kappa shape index (κ2) is 5.20. The highest BCUT2D eigenvalue weighted by Crippen LogP contribution is 2.29. The number of nitrogens with zero attached hydrogens (tertiary/aromatic N) is 2. The Kier molecular flexibility index (Phi) is 3.65. The van der Waals surface area contributed by atoms with E-state index in [1.54, 1.807) is 0 Å². The average Bonchev–Trinajstić information content (AvgIpc) is 2.38. The fourth-order valence-corrected chi connectivity index (χ4v) is 2.72. The van der Waals surface area contributed by atoms with E-state index in [0.29, 0.717) is 18.6 Å². The van der Waals surface area contributed by atoms with Crippen molar-refractivity contribution in [3.05, 3.63) is 29.8 Å². The van der Waals surface area contributed by atoms with E-state index in [1.807, 2.05) is 18.2 Å². The largest absolute Gasteiger partial charge is 0.365 e.